The van der Waals surface area contributed by atoms with Gasteiger partial charge in [-0.25, -0.2) is 4.79 Å². The van der Waals surface area contributed by atoms with E-state index in [4.69, 9.17) is 4.74 Å². The largest absolute Gasteiger partial charge is 0.442 e. The van der Waals surface area contributed by atoms with Gasteiger partial charge < -0.3 is 9.64 Å². The quantitative estimate of drug-likeness (QED) is 0.753. The molecule has 24 heavy (non-hydrogen) atoms. The lowest BCUT2D eigenvalue weighted by molar-refractivity contribution is 0.0604. The molecule has 1 saturated heterocycles. The number of benzene rings is 1. The van der Waals surface area contributed by atoms with Gasteiger partial charge in [0.2, 0.25) is 0 Å². The van der Waals surface area contributed by atoms with Crippen molar-refractivity contribution in [3.05, 3.63) is 35.9 Å². The summed E-state index contributed by atoms with van der Waals surface area (Å²) in [6, 6.07) is 9.94. The highest BCUT2D eigenvalue weighted by molar-refractivity contribution is 6.05. The Morgan fingerprint density at radius 1 is 1.08 bits per heavy atom. The molecule has 0 aliphatic carbocycles. The lowest BCUT2D eigenvalue weighted by Crippen LogP contribution is -2.28. The van der Waals surface area contributed by atoms with Crippen LogP contribution in [0, 0.1) is 0 Å². The second-order valence-corrected chi connectivity index (χ2v) is 7.41. The molecular formula is C20H30N2O2. The molecule has 1 aromatic rings. The third-order valence-electron chi connectivity index (χ3n) is 4.09. The van der Waals surface area contributed by atoms with Gasteiger partial charge in [-0.15, -0.1) is 0 Å². The first-order valence-corrected chi connectivity index (χ1v) is 9.02. The highest BCUT2D eigenvalue weighted by Gasteiger charge is 2.17. The zero-order valence-electron chi connectivity index (χ0n) is 15.3. The van der Waals surface area contributed by atoms with E-state index in [1.54, 1.807) is 0 Å². The Bertz CT molecular complexity index is 539. The first-order chi connectivity index (χ1) is 11.4. The molecule has 0 atom stereocenters. The van der Waals surface area contributed by atoms with Crippen molar-refractivity contribution in [3.8, 4) is 0 Å². The fourth-order valence-corrected chi connectivity index (χ4v) is 2.91. The van der Waals surface area contributed by atoms with Gasteiger partial charge in [0.05, 0.1) is 5.71 Å². The van der Waals surface area contributed by atoms with Crippen LogP contribution < -0.4 is 0 Å². The lowest BCUT2D eigenvalue weighted by Gasteiger charge is -2.21. The minimum Gasteiger partial charge on any atom is -0.442 e. The predicted molar refractivity (Wildman–Crippen MR) is 98.7 cm³/mol. The SMILES string of the molecule is CC(C)(C)OC(=O)/N=C(/CCN1CCCCCC1)c1ccccc1. The second kappa shape index (κ2) is 8.97. The van der Waals surface area contributed by atoms with E-state index >= 15 is 0 Å². The van der Waals surface area contributed by atoms with Gasteiger partial charge in [0.25, 0.3) is 0 Å². The van der Waals surface area contributed by atoms with Gasteiger partial charge in [-0.1, -0.05) is 43.2 Å². The topological polar surface area (TPSA) is 41.9 Å². The van der Waals surface area contributed by atoms with Gasteiger partial charge in [-0.3, -0.25) is 0 Å². The number of carbonyl (C=O) groups excluding carboxylic acids is 1. The third kappa shape index (κ3) is 6.83. The normalized spacial score (nSPS) is 17.4. The maximum atomic E-state index is 12.1. The number of amides is 1. The summed E-state index contributed by atoms with van der Waals surface area (Å²) >= 11 is 0. The van der Waals surface area contributed by atoms with Crippen LogP contribution in [0.1, 0.15) is 58.4 Å². The third-order valence-corrected chi connectivity index (χ3v) is 4.09. The van der Waals surface area contributed by atoms with Crippen LogP contribution in [0.4, 0.5) is 4.79 Å². The Morgan fingerprint density at radius 2 is 1.71 bits per heavy atom. The van der Waals surface area contributed by atoms with Gasteiger partial charge in [0, 0.05) is 13.0 Å². The molecule has 1 aromatic carbocycles. The summed E-state index contributed by atoms with van der Waals surface area (Å²) in [5.41, 5.74) is 1.29. The van der Waals surface area contributed by atoms with Crippen molar-refractivity contribution in [2.45, 2.75) is 58.5 Å². The van der Waals surface area contributed by atoms with Crippen molar-refractivity contribution in [3.63, 3.8) is 0 Å². The molecule has 2 rings (SSSR count). The van der Waals surface area contributed by atoms with Crippen molar-refractivity contribution in [1.29, 1.82) is 0 Å². The molecule has 132 valence electrons. The van der Waals surface area contributed by atoms with Crippen molar-refractivity contribution < 1.29 is 9.53 Å². The Labute approximate surface area is 145 Å². The van der Waals surface area contributed by atoms with E-state index in [1.165, 1.54) is 25.7 Å². The zero-order chi connectivity index (χ0) is 17.4. The van der Waals surface area contributed by atoms with Crippen LogP contribution in [0.15, 0.2) is 35.3 Å². The molecule has 0 spiro atoms. The van der Waals surface area contributed by atoms with Crippen molar-refractivity contribution >= 4 is 11.8 Å². The van der Waals surface area contributed by atoms with Crippen LogP contribution in [0.3, 0.4) is 0 Å². The summed E-state index contributed by atoms with van der Waals surface area (Å²) in [5, 5.41) is 0. The van der Waals surface area contributed by atoms with Crippen LogP contribution in [0.5, 0.6) is 0 Å². The summed E-state index contributed by atoms with van der Waals surface area (Å²) in [6.45, 7) is 8.82. The highest BCUT2D eigenvalue weighted by atomic mass is 16.6. The molecule has 1 heterocycles. The van der Waals surface area contributed by atoms with Crippen LogP contribution in [0.2, 0.25) is 0 Å². The molecule has 0 unspecified atom stereocenters. The Morgan fingerprint density at radius 3 is 2.29 bits per heavy atom. The Balaban J connectivity index is 2.06. The minimum absolute atomic E-state index is 0.503. The van der Waals surface area contributed by atoms with E-state index in [-0.39, 0.29) is 0 Å². The zero-order valence-corrected chi connectivity index (χ0v) is 15.3. The number of hydrogen-bond acceptors (Lipinski definition) is 3. The van der Waals surface area contributed by atoms with Crippen molar-refractivity contribution in [2.24, 2.45) is 4.99 Å². The molecule has 0 N–H and O–H groups in total. The predicted octanol–water partition coefficient (Wildman–Crippen LogP) is 4.68. The number of carbonyl (C=O) groups is 1. The standard InChI is InChI=1S/C20H30N2O2/c1-20(2,3)24-19(23)21-18(17-11-7-6-8-12-17)13-16-22-14-9-4-5-10-15-22/h6-8,11-12H,4-5,9-10,13-16H2,1-3H3/b21-18-. The van der Waals surface area contributed by atoms with Crippen molar-refractivity contribution in [1.82, 2.24) is 4.90 Å². The van der Waals surface area contributed by atoms with E-state index in [0.717, 1.165) is 37.3 Å². The van der Waals surface area contributed by atoms with Crippen LogP contribution in [-0.4, -0.2) is 41.9 Å². The fraction of sp³-hybridized carbons (Fsp3) is 0.600. The van der Waals surface area contributed by atoms with Gasteiger partial charge in [-0.05, 0) is 52.3 Å². The van der Waals surface area contributed by atoms with E-state index in [9.17, 15) is 4.79 Å². The molecule has 0 bridgehead atoms. The number of nitrogens with zero attached hydrogens (tertiary/aromatic N) is 2. The molecule has 1 aliphatic rings. The Hall–Kier alpha value is -1.68. The lowest BCUT2D eigenvalue weighted by atomic mass is 10.1. The minimum atomic E-state index is -0.521. The number of ether oxygens (including phenoxy) is 1. The maximum absolute atomic E-state index is 12.1. The molecule has 0 radical (unpaired) electrons. The average molecular weight is 330 g/mol. The van der Waals surface area contributed by atoms with E-state index in [2.05, 4.69) is 9.89 Å². The summed E-state index contributed by atoms with van der Waals surface area (Å²) < 4.78 is 5.36. The molecule has 0 aromatic heterocycles. The summed E-state index contributed by atoms with van der Waals surface area (Å²) in [5.74, 6) is 0. The van der Waals surface area contributed by atoms with Crippen LogP contribution in [0.25, 0.3) is 0 Å². The Kier molecular flexibility index (Phi) is 6.98. The smallest absolute Gasteiger partial charge is 0.434 e. The van der Waals surface area contributed by atoms with E-state index in [0.29, 0.717) is 0 Å². The number of likely N-dealkylation sites (tertiary alicyclic amines) is 1. The number of aliphatic imine (C=N–C) groups is 1. The monoisotopic (exact) mass is 330 g/mol. The van der Waals surface area contributed by atoms with E-state index in [1.807, 2.05) is 51.1 Å². The van der Waals surface area contributed by atoms with E-state index < -0.39 is 11.7 Å². The summed E-state index contributed by atoms with van der Waals surface area (Å²) in [7, 11) is 0. The number of rotatable bonds is 4. The van der Waals surface area contributed by atoms with Crippen LogP contribution >= 0.6 is 0 Å². The number of hydrogen-bond donors (Lipinski definition) is 0. The van der Waals surface area contributed by atoms with Gasteiger partial charge >= 0.3 is 6.09 Å². The molecular weight excluding hydrogens is 300 g/mol. The first-order valence-electron chi connectivity index (χ1n) is 9.02. The average Bonchev–Trinajstić information content (AvgIpc) is 2.79. The summed E-state index contributed by atoms with van der Waals surface area (Å²) in [6.07, 6.45) is 5.45. The fourth-order valence-electron chi connectivity index (χ4n) is 2.91. The molecule has 1 fully saturated rings. The second-order valence-electron chi connectivity index (χ2n) is 7.41. The summed E-state index contributed by atoms with van der Waals surface area (Å²) in [4.78, 5) is 18.9. The van der Waals surface area contributed by atoms with Gasteiger partial charge in [0.15, 0.2) is 0 Å². The van der Waals surface area contributed by atoms with Crippen molar-refractivity contribution in [2.75, 3.05) is 19.6 Å². The van der Waals surface area contributed by atoms with Gasteiger partial charge in [0.1, 0.15) is 5.60 Å². The van der Waals surface area contributed by atoms with Gasteiger partial charge in [-0.2, -0.15) is 4.99 Å². The molecule has 4 heteroatoms. The molecule has 1 amide bonds. The highest BCUT2D eigenvalue weighted by Crippen LogP contribution is 2.13. The maximum Gasteiger partial charge on any atom is 0.434 e. The first kappa shape index (κ1) is 18.7. The molecule has 4 nitrogen and oxygen atoms in total. The molecule has 1 aliphatic heterocycles. The molecule has 0 saturated carbocycles. The van der Waals surface area contributed by atoms with Crippen LogP contribution in [-0.2, 0) is 4.74 Å².